The number of esters is 1. The number of carbonyl (C=O) groups is 3. The third-order valence-corrected chi connectivity index (χ3v) is 6.87. The molecule has 2 heterocycles. The van der Waals surface area contributed by atoms with Crippen LogP contribution in [-0.4, -0.2) is 63.9 Å². The Morgan fingerprint density at radius 1 is 1.11 bits per heavy atom. The number of alkyl carbamates (subject to hydrolysis) is 1. The average Bonchev–Trinajstić information content (AvgIpc) is 2.87. The lowest BCUT2D eigenvalue weighted by atomic mass is 9.64. The van der Waals surface area contributed by atoms with Crippen LogP contribution in [0.3, 0.4) is 0 Å². The van der Waals surface area contributed by atoms with Gasteiger partial charge in [0.2, 0.25) is 0 Å². The first-order valence-electron chi connectivity index (χ1n) is 11.6. The number of hydrogen-bond acceptors (Lipinski definition) is 7. The van der Waals surface area contributed by atoms with Gasteiger partial charge in [0.05, 0.1) is 33.5 Å². The van der Waals surface area contributed by atoms with Gasteiger partial charge in [0.15, 0.2) is 11.5 Å². The van der Waals surface area contributed by atoms with Crippen molar-refractivity contribution in [1.82, 2.24) is 10.2 Å². The molecule has 0 aromatic heterocycles. The number of rotatable bonds is 7. The van der Waals surface area contributed by atoms with Gasteiger partial charge in [-0.3, -0.25) is 9.59 Å². The van der Waals surface area contributed by atoms with Gasteiger partial charge in [-0.05, 0) is 54.7 Å². The molecular weight excluding hydrogens is 452 g/mol. The minimum Gasteiger partial charge on any atom is -0.493 e. The van der Waals surface area contributed by atoms with Crippen LogP contribution in [0.4, 0.5) is 4.79 Å². The second kappa shape index (κ2) is 9.85. The Morgan fingerprint density at radius 2 is 1.83 bits per heavy atom. The van der Waals surface area contributed by atoms with Gasteiger partial charge in [-0.1, -0.05) is 18.2 Å². The maximum Gasteiger partial charge on any atom is 0.407 e. The third-order valence-electron chi connectivity index (χ3n) is 6.87. The van der Waals surface area contributed by atoms with E-state index in [0.717, 1.165) is 11.1 Å². The summed E-state index contributed by atoms with van der Waals surface area (Å²) in [6.07, 6.45) is 0.273. The third kappa shape index (κ3) is 3.94. The number of fused-ring (bicyclic) bond motifs is 4. The summed E-state index contributed by atoms with van der Waals surface area (Å²) in [6, 6.07) is 10.8. The van der Waals surface area contributed by atoms with E-state index in [2.05, 4.69) is 5.32 Å². The number of carbonyl (C=O) groups excluding carboxylic acids is 3. The van der Waals surface area contributed by atoms with Crippen LogP contribution in [0.2, 0.25) is 0 Å². The van der Waals surface area contributed by atoms with Gasteiger partial charge in [-0.25, -0.2) is 4.79 Å². The smallest absolute Gasteiger partial charge is 0.407 e. The number of methoxy groups -OCH3 is 3. The van der Waals surface area contributed by atoms with Crippen molar-refractivity contribution in [2.75, 3.05) is 41.0 Å². The Hall–Kier alpha value is -3.75. The number of nitrogens with zero attached hydrogens (tertiary/aromatic N) is 1. The fourth-order valence-corrected chi connectivity index (χ4v) is 5.44. The van der Waals surface area contributed by atoms with E-state index in [1.54, 1.807) is 50.3 Å². The molecule has 2 amide bonds. The molecule has 9 heteroatoms. The van der Waals surface area contributed by atoms with Gasteiger partial charge in [0, 0.05) is 18.7 Å². The molecule has 0 bridgehead atoms. The van der Waals surface area contributed by atoms with Gasteiger partial charge >= 0.3 is 12.1 Å². The van der Waals surface area contributed by atoms with Crippen LogP contribution >= 0.6 is 0 Å². The zero-order valence-electron chi connectivity index (χ0n) is 20.4. The molecule has 2 aliphatic rings. The molecule has 2 aromatic carbocycles. The molecule has 4 rings (SSSR count). The summed E-state index contributed by atoms with van der Waals surface area (Å²) < 4.78 is 21.4. The first kappa shape index (κ1) is 24.4. The molecular formula is C26H30N2O7. The quantitative estimate of drug-likeness (QED) is 0.605. The average molecular weight is 483 g/mol. The predicted octanol–water partition coefficient (Wildman–Crippen LogP) is 3.00. The molecule has 1 N–H and O–H groups in total. The number of hydrogen-bond donors (Lipinski definition) is 1. The van der Waals surface area contributed by atoms with Crippen LogP contribution in [0.25, 0.3) is 0 Å². The number of nitrogens with one attached hydrogen (secondary N) is 1. The largest absolute Gasteiger partial charge is 0.493 e. The molecule has 2 atom stereocenters. The van der Waals surface area contributed by atoms with E-state index >= 15 is 0 Å². The summed E-state index contributed by atoms with van der Waals surface area (Å²) in [5.74, 6) is -0.397. The van der Waals surface area contributed by atoms with Crippen LogP contribution in [0.1, 0.15) is 46.3 Å². The second-order valence-corrected chi connectivity index (χ2v) is 8.44. The van der Waals surface area contributed by atoms with Crippen molar-refractivity contribution in [3.05, 3.63) is 58.7 Å². The van der Waals surface area contributed by atoms with E-state index in [1.807, 2.05) is 12.1 Å². The van der Waals surface area contributed by atoms with Crippen LogP contribution in [0.15, 0.2) is 36.4 Å². The molecule has 0 saturated carbocycles. The molecule has 0 spiro atoms. The van der Waals surface area contributed by atoms with Crippen molar-refractivity contribution in [2.24, 2.45) is 0 Å². The molecule has 2 aliphatic heterocycles. The molecule has 0 radical (unpaired) electrons. The zero-order chi connectivity index (χ0) is 25.2. The number of amides is 2. The Bertz CT molecular complexity index is 1150. The minimum absolute atomic E-state index is 0.169. The summed E-state index contributed by atoms with van der Waals surface area (Å²) in [4.78, 5) is 41.1. The normalized spacial score (nSPS) is 20.2. The van der Waals surface area contributed by atoms with Gasteiger partial charge in [0.1, 0.15) is 5.92 Å². The fourth-order valence-electron chi connectivity index (χ4n) is 5.44. The molecule has 9 nitrogen and oxygen atoms in total. The lowest BCUT2D eigenvalue weighted by Gasteiger charge is -2.54. The highest BCUT2D eigenvalue weighted by Gasteiger charge is 2.58. The topological polar surface area (TPSA) is 103 Å². The lowest BCUT2D eigenvalue weighted by Crippen LogP contribution is -2.62. The van der Waals surface area contributed by atoms with Crippen molar-refractivity contribution >= 4 is 18.0 Å². The standard InChI is InChI=1S/C26H30N2O7/c1-5-35-25(31)27-12-11-26-19-15-21(33-3)20(32-2)14-16(19)10-13-28(26)23(29)18-9-7-6-8-17(18)22(26)24(30)34-4/h6-9,14-15,22H,5,10-13H2,1-4H3,(H,27,31)/t22-,26-/m0/s1. The summed E-state index contributed by atoms with van der Waals surface area (Å²) in [6.45, 7) is 2.52. The molecule has 0 aliphatic carbocycles. The van der Waals surface area contributed by atoms with Crippen molar-refractivity contribution < 1.29 is 33.3 Å². The Morgan fingerprint density at radius 3 is 2.51 bits per heavy atom. The van der Waals surface area contributed by atoms with Gasteiger partial charge in [0.25, 0.3) is 5.91 Å². The summed E-state index contributed by atoms with van der Waals surface area (Å²) >= 11 is 0. The van der Waals surface area contributed by atoms with E-state index in [9.17, 15) is 14.4 Å². The summed E-state index contributed by atoms with van der Waals surface area (Å²) in [7, 11) is 4.45. The molecule has 0 fully saturated rings. The van der Waals surface area contributed by atoms with Crippen molar-refractivity contribution in [3.63, 3.8) is 0 Å². The van der Waals surface area contributed by atoms with Gasteiger partial charge in [-0.2, -0.15) is 0 Å². The Kier molecular flexibility index (Phi) is 6.86. The maximum atomic E-state index is 13.8. The summed E-state index contributed by atoms with van der Waals surface area (Å²) in [5, 5.41) is 2.75. The minimum atomic E-state index is -1.12. The molecule has 0 saturated heterocycles. The highest BCUT2D eigenvalue weighted by molar-refractivity contribution is 6.01. The molecule has 186 valence electrons. The molecule has 2 aromatic rings. The maximum absolute atomic E-state index is 13.8. The summed E-state index contributed by atoms with van der Waals surface area (Å²) in [5.41, 5.74) is 1.66. The Balaban J connectivity index is 1.96. The van der Waals surface area contributed by atoms with Crippen molar-refractivity contribution in [1.29, 1.82) is 0 Å². The van der Waals surface area contributed by atoms with Gasteiger partial charge in [-0.15, -0.1) is 0 Å². The monoisotopic (exact) mass is 482 g/mol. The first-order valence-corrected chi connectivity index (χ1v) is 11.6. The SMILES string of the molecule is CCOC(=O)NCC[C@@]12c3cc(OC)c(OC)cc3CCN1C(=O)c1ccccc1[C@H]2C(=O)OC. The van der Waals surface area contributed by atoms with Crippen LogP contribution in [0, 0.1) is 0 Å². The first-order chi connectivity index (χ1) is 16.9. The van der Waals surface area contributed by atoms with E-state index < -0.39 is 23.5 Å². The van der Waals surface area contributed by atoms with Crippen LogP contribution in [-0.2, 0) is 26.2 Å². The fraction of sp³-hybridized carbons (Fsp3) is 0.423. The zero-order valence-corrected chi connectivity index (χ0v) is 20.4. The second-order valence-electron chi connectivity index (χ2n) is 8.44. The lowest BCUT2D eigenvalue weighted by molar-refractivity contribution is -0.147. The van der Waals surface area contributed by atoms with Crippen LogP contribution in [0.5, 0.6) is 11.5 Å². The highest BCUT2D eigenvalue weighted by Crippen LogP contribution is 2.54. The van der Waals surface area contributed by atoms with Gasteiger partial charge < -0.3 is 29.2 Å². The van der Waals surface area contributed by atoms with E-state index in [4.69, 9.17) is 18.9 Å². The highest BCUT2D eigenvalue weighted by atomic mass is 16.5. The van der Waals surface area contributed by atoms with E-state index in [-0.39, 0.29) is 25.5 Å². The van der Waals surface area contributed by atoms with Crippen molar-refractivity contribution in [2.45, 2.75) is 31.2 Å². The predicted molar refractivity (Wildman–Crippen MR) is 127 cm³/mol. The molecule has 35 heavy (non-hydrogen) atoms. The van der Waals surface area contributed by atoms with Crippen LogP contribution < -0.4 is 14.8 Å². The Labute approximate surface area is 204 Å². The molecule has 0 unspecified atom stereocenters. The van der Waals surface area contributed by atoms with Crippen molar-refractivity contribution in [3.8, 4) is 11.5 Å². The van der Waals surface area contributed by atoms with E-state index in [0.29, 0.717) is 35.6 Å². The van der Waals surface area contributed by atoms with E-state index in [1.165, 1.54) is 7.11 Å². The number of ether oxygens (including phenoxy) is 4. The number of benzene rings is 2.